The Bertz CT molecular complexity index is 448. The van der Waals surface area contributed by atoms with Crippen molar-refractivity contribution in [1.82, 2.24) is 0 Å². The van der Waals surface area contributed by atoms with Gasteiger partial charge in [-0.3, -0.25) is 0 Å². The summed E-state index contributed by atoms with van der Waals surface area (Å²) in [5.41, 5.74) is -0.325. The molecule has 0 amide bonds. The van der Waals surface area contributed by atoms with Crippen LogP contribution in [0.4, 0.5) is 13.2 Å². The van der Waals surface area contributed by atoms with Crippen LogP contribution in [-0.2, 0) is 20.3 Å². The number of rotatable bonds is 7. The lowest BCUT2D eigenvalue weighted by molar-refractivity contribution is -0.365. The molecule has 0 aliphatic carbocycles. The molecule has 0 atom stereocenters. The van der Waals surface area contributed by atoms with Crippen molar-refractivity contribution in [3.63, 3.8) is 0 Å². The second kappa shape index (κ2) is 7.39. The van der Waals surface area contributed by atoms with Crippen molar-refractivity contribution in [2.24, 2.45) is 0 Å². The molecule has 0 unspecified atom stereocenters. The van der Waals surface area contributed by atoms with E-state index >= 15 is 0 Å². The summed E-state index contributed by atoms with van der Waals surface area (Å²) in [6.45, 7) is 7.04. The number of hydrogen-bond acceptors (Lipinski definition) is 3. The van der Waals surface area contributed by atoms with Crippen LogP contribution >= 0.6 is 0 Å². The highest BCUT2D eigenvalue weighted by atomic mass is 28.2. The summed E-state index contributed by atoms with van der Waals surface area (Å²) in [6.07, 6.45) is -0.848. The van der Waals surface area contributed by atoms with Crippen molar-refractivity contribution < 1.29 is 27.1 Å². The van der Waals surface area contributed by atoms with Crippen LogP contribution in [-0.4, -0.2) is 28.7 Å². The van der Waals surface area contributed by atoms with E-state index in [1.54, 1.807) is 27.7 Å². The predicted molar refractivity (Wildman–Crippen MR) is 76.2 cm³/mol. The van der Waals surface area contributed by atoms with Gasteiger partial charge in [0.05, 0.1) is 18.6 Å². The van der Waals surface area contributed by atoms with E-state index in [9.17, 15) is 13.2 Å². The fourth-order valence-corrected chi connectivity index (χ4v) is 2.29. The van der Waals surface area contributed by atoms with Crippen LogP contribution in [0.15, 0.2) is 12.1 Å². The maximum Gasteiger partial charge on any atom is 0.277 e. The SMILES string of the molecule is CC(C)OC(Cc1c(F)cc(F)cc1F)(O[SiH3])OC(C)C. The molecule has 3 nitrogen and oxygen atoms in total. The summed E-state index contributed by atoms with van der Waals surface area (Å²) in [5.74, 6) is -4.53. The maximum absolute atomic E-state index is 13.8. The van der Waals surface area contributed by atoms with Gasteiger partial charge in [-0.25, -0.2) is 13.2 Å². The quantitative estimate of drug-likeness (QED) is 0.570. The lowest BCUT2D eigenvalue weighted by atomic mass is 10.1. The smallest absolute Gasteiger partial charge is 0.277 e. The zero-order valence-electron chi connectivity index (χ0n) is 12.9. The molecule has 120 valence electrons. The molecule has 0 aliphatic rings. The first-order valence-corrected chi connectivity index (χ1v) is 7.55. The Hall–Kier alpha value is -0.893. The van der Waals surface area contributed by atoms with Crippen LogP contribution in [0.5, 0.6) is 0 Å². The third kappa shape index (κ3) is 5.10. The first-order valence-electron chi connectivity index (χ1n) is 6.73. The molecule has 0 aromatic heterocycles. The van der Waals surface area contributed by atoms with Gasteiger partial charge in [-0.2, -0.15) is 0 Å². The fraction of sp³-hybridized carbons (Fsp3) is 0.571. The van der Waals surface area contributed by atoms with Gasteiger partial charge in [0.1, 0.15) is 17.5 Å². The van der Waals surface area contributed by atoms with Crippen molar-refractivity contribution in [2.45, 2.75) is 52.3 Å². The lowest BCUT2D eigenvalue weighted by Gasteiger charge is -2.36. The molecular weight excluding hydrogens is 301 g/mol. The Labute approximate surface area is 125 Å². The Morgan fingerprint density at radius 1 is 1.00 bits per heavy atom. The summed E-state index contributed by atoms with van der Waals surface area (Å²) >= 11 is 0. The van der Waals surface area contributed by atoms with E-state index in [1.807, 2.05) is 0 Å². The molecule has 21 heavy (non-hydrogen) atoms. The van der Waals surface area contributed by atoms with E-state index in [1.165, 1.54) is 0 Å². The van der Waals surface area contributed by atoms with Gasteiger partial charge in [0.25, 0.3) is 5.97 Å². The van der Waals surface area contributed by atoms with Gasteiger partial charge in [-0.15, -0.1) is 0 Å². The van der Waals surface area contributed by atoms with E-state index in [4.69, 9.17) is 13.9 Å². The zero-order valence-corrected chi connectivity index (χ0v) is 14.9. The van der Waals surface area contributed by atoms with Gasteiger partial charge in [-0.05, 0) is 27.7 Å². The largest absolute Gasteiger partial charge is 0.380 e. The number of hydrogen-bond donors (Lipinski definition) is 0. The predicted octanol–water partition coefficient (Wildman–Crippen LogP) is 2.45. The first kappa shape index (κ1) is 18.2. The summed E-state index contributed by atoms with van der Waals surface area (Å²) in [4.78, 5) is 0. The molecule has 1 aromatic rings. The van der Waals surface area contributed by atoms with Crippen LogP contribution in [0.2, 0.25) is 0 Å². The van der Waals surface area contributed by atoms with E-state index in [-0.39, 0.29) is 34.7 Å². The van der Waals surface area contributed by atoms with Gasteiger partial charge in [0.2, 0.25) is 0 Å². The molecule has 0 spiro atoms. The molecular formula is C14H21F3O3Si. The highest BCUT2D eigenvalue weighted by molar-refractivity contribution is 5.98. The van der Waals surface area contributed by atoms with Crippen LogP contribution in [0.3, 0.4) is 0 Å². The van der Waals surface area contributed by atoms with Crippen molar-refractivity contribution >= 4 is 10.5 Å². The van der Waals surface area contributed by atoms with Crippen LogP contribution < -0.4 is 0 Å². The van der Waals surface area contributed by atoms with Crippen molar-refractivity contribution in [3.8, 4) is 0 Å². The summed E-state index contributed by atoms with van der Waals surface area (Å²) in [6, 6.07) is 1.25. The minimum absolute atomic E-state index is 0.243. The molecule has 0 radical (unpaired) electrons. The van der Waals surface area contributed by atoms with Gasteiger partial charge in [-0.1, -0.05) is 0 Å². The number of ether oxygens (including phenoxy) is 2. The van der Waals surface area contributed by atoms with Crippen molar-refractivity contribution in [1.29, 1.82) is 0 Å². The molecule has 1 aromatic carbocycles. The van der Waals surface area contributed by atoms with E-state index < -0.39 is 23.4 Å². The maximum atomic E-state index is 13.8. The summed E-state index contributed by atoms with van der Waals surface area (Å²) in [7, 11) is 0.243. The van der Waals surface area contributed by atoms with Crippen molar-refractivity contribution in [3.05, 3.63) is 35.1 Å². The molecule has 0 saturated carbocycles. The van der Waals surface area contributed by atoms with Crippen LogP contribution in [0.1, 0.15) is 33.3 Å². The van der Waals surface area contributed by atoms with Gasteiger partial charge >= 0.3 is 0 Å². The second-order valence-electron chi connectivity index (χ2n) is 5.25. The first-order chi connectivity index (χ1) is 9.69. The van der Waals surface area contributed by atoms with Gasteiger partial charge in [0.15, 0.2) is 10.5 Å². The van der Waals surface area contributed by atoms with Crippen molar-refractivity contribution in [2.75, 3.05) is 0 Å². The normalized spacial score (nSPS) is 12.6. The monoisotopic (exact) mass is 322 g/mol. The highest BCUT2D eigenvalue weighted by Gasteiger charge is 2.36. The Kier molecular flexibility index (Phi) is 6.39. The topological polar surface area (TPSA) is 27.7 Å². The number of halogens is 3. The zero-order chi connectivity index (χ0) is 16.2. The average molecular weight is 322 g/mol. The minimum Gasteiger partial charge on any atom is -0.380 e. The van der Waals surface area contributed by atoms with Crippen LogP contribution in [0, 0.1) is 17.5 Å². The Morgan fingerprint density at radius 2 is 1.43 bits per heavy atom. The van der Waals surface area contributed by atoms with E-state index in [2.05, 4.69) is 0 Å². The Morgan fingerprint density at radius 3 is 1.76 bits per heavy atom. The highest BCUT2D eigenvalue weighted by Crippen LogP contribution is 2.27. The summed E-state index contributed by atoms with van der Waals surface area (Å²) in [5, 5.41) is 0. The third-order valence-electron chi connectivity index (χ3n) is 2.64. The number of benzene rings is 1. The molecule has 0 N–H and O–H groups in total. The molecule has 1 rings (SSSR count). The van der Waals surface area contributed by atoms with Crippen LogP contribution in [0.25, 0.3) is 0 Å². The molecule has 0 fully saturated rings. The Balaban J connectivity index is 3.16. The molecule has 0 bridgehead atoms. The standard InChI is InChI=1S/C14H21F3O3Si/c1-8(2)18-14(20-21,19-9(3)4)7-11-12(16)5-10(15)6-13(11)17/h5-6,8-9H,7H2,1-4,21H3. The minimum atomic E-state index is -1.58. The lowest BCUT2D eigenvalue weighted by Crippen LogP contribution is -2.45. The average Bonchev–Trinajstić information content (AvgIpc) is 2.32. The molecule has 0 heterocycles. The molecule has 7 heteroatoms. The second-order valence-corrected chi connectivity index (χ2v) is 5.65. The molecule has 0 aliphatic heterocycles. The van der Waals surface area contributed by atoms with E-state index in [0.29, 0.717) is 12.1 Å². The molecule has 0 saturated heterocycles. The van der Waals surface area contributed by atoms with E-state index in [0.717, 1.165) is 0 Å². The van der Waals surface area contributed by atoms with Gasteiger partial charge in [0, 0.05) is 17.7 Å². The third-order valence-corrected chi connectivity index (χ3v) is 3.26. The summed E-state index contributed by atoms with van der Waals surface area (Å²) < 4.78 is 57.2. The van der Waals surface area contributed by atoms with Gasteiger partial charge < -0.3 is 13.9 Å². The fourth-order valence-electron chi connectivity index (χ4n) is 1.96.